The molecular weight excluding hydrogens is 338 g/mol. The van der Waals surface area contributed by atoms with Crippen molar-refractivity contribution in [1.29, 1.82) is 0 Å². The third-order valence-corrected chi connectivity index (χ3v) is 6.58. The van der Waals surface area contributed by atoms with Crippen molar-refractivity contribution >= 4 is 16.0 Å². The largest absolute Gasteiger partial charge is 0.354 e. The molecule has 140 valence electrons. The van der Waals surface area contributed by atoms with Crippen LogP contribution in [0.4, 0.5) is 5.82 Å². The third-order valence-electron chi connectivity index (χ3n) is 5.06. The summed E-state index contributed by atoms with van der Waals surface area (Å²) in [7, 11) is -1.29. The van der Waals surface area contributed by atoms with Crippen LogP contribution < -0.4 is 9.62 Å². The van der Waals surface area contributed by atoms with Crippen molar-refractivity contribution in [3.05, 3.63) is 23.9 Å². The van der Waals surface area contributed by atoms with E-state index in [1.165, 1.54) is 0 Å². The zero-order valence-electron chi connectivity index (χ0n) is 15.2. The van der Waals surface area contributed by atoms with E-state index in [-0.39, 0.29) is 0 Å². The standard InChI is InChI=1S/C17H29N5O2S/c1-15-4-3-7-22(14-15)25(23,24)19-13-16-5-6-18-17(12-16)21-10-8-20(2)9-11-21/h5-6,12,15,19H,3-4,7-11,13-14H2,1-2H3. The van der Waals surface area contributed by atoms with E-state index in [0.29, 0.717) is 25.6 Å². The highest BCUT2D eigenvalue weighted by molar-refractivity contribution is 7.87. The van der Waals surface area contributed by atoms with Crippen LogP contribution in [0.25, 0.3) is 0 Å². The summed E-state index contributed by atoms with van der Waals surface area (Å²) in [4.78, 5) is 9.01. The minimum atomic E-state index is -3.42. The summed E-state index contributed by atoms with van der Waals surface area (Å²) in [6.45, 7) is 7.57. The number of nitrogens with one attached hydrogen (secondary N) is 1. The van der Waals surface area contributed by atoms with Crippen LogP contribution in [0.1, 0.15) is 25.3 Å². The highest BCUT2D eigenvalue weighted by Gasteiger charge is 2.26. The number of rotatable bonds is 5. The van der Waals surface area contributed by atoms with E-state index in [2.05, 4.69) is 33.5 Å². The Balaban J connectivity index is 1.60. The van der Waals surface area contributed by atoms with Crippen LogP contribution in [0, 0.1) is 5.92 Å². The molecule has 0 spiro atoms. The summed E-state index contributed by atoms with van der Waals surface area (Å²) in [5.41, 5.74) is 0.942. The summed E-state index contributed by atoms with van der Waals surface area (Å²) in [6.07, 6.45) is 3.80. The van der Waals surface area contributed by atoms with Crippen molar-refractivity contribution < 1.29 is 8.42 Å². The number of anilines is 1. The predicted molar refractivity (Wildman–Crippen MR) is 99.7 cm³/mol. The topological polar surface area (TPSA) is 68.8 Å². The monoisotopic (exact) mass is 367 g/mol. The molecule has 25 heavy (non-hydrogen) atoms. The van der Waals surface area contributed by atoms with E-state index in [9.17, 15) is 8.42 Å². The van der Waals surface area contributed by atoms with Crippen molar-refractivity contribution in [2.75, 3.05) is 51.2 Å². The van der Waals surface area contributed by atoms with Gasteiger partial charge in [0, 0.05) is 52.0 Å². The molecule has 7 nitrogen and oxygen atoms in total. The van der Waals surface area contributed by atoms with E-state index >= 15 is 0 Å². The van der Waals surface area contributed by atoms with Gasteiger partial charge in [-0.25, -0.2) is 4.98 Å². The first-order valence-electron chi connectivity index (χ1n) is 9.07. The zero-order chi connectivity index (χ0) is 17.9. The number of hydrogen-bond acceptors (Lipinski definition) is 5. The Labute approximate surface area is 151 Å². The van der Waals surface area contributed by atoms with Gasteiger partial charge < -0.3 is 9.80 Å². The maximum atomic E-state index is 12.5. The van der Waals surface area contributed by atoms with E-state index in [1.54, 1.807) is 10.5 Å². The van der Waals surface area contributed by atoms with E-state index in [4.69, 9.17) is 0 Å². The average Bonchev–Trinajstić information content (AvgIpc) is 2.61. The van der Waals surface area contributed by atoms with Crippen LogP contribution in [-0.4, -0.2) is 68.9 Å². The van der Waals surface area contributed by atoms with Gasteiger partial charge in [-0.05, 0) is 43.5 Å². The van der Waals surface area contributed by atoms with Gasteiger partial charge in [-0.2, -0.15) is 17.4 Å². The number of piperidine rings is 1. The Kier molecular flexibility index (Phi) is 5.93. The predicted octanol–water partition coefficient (Wildman–Crippen LogP) is 0.900. The van der Waals surface area contributed by atoms with Crippen LogP contribution in [0.3, 0.4) is 0 Å². The van der Waals surface area contributed by atoms with Crippen LogP contribution in [0.5, 0.6) is 0 Å². The first-order chi connectivity index (χ1) is 11.9. The Morgan fingerprint density at radius 2 is 2.00 bits per heavy atom. The van der Waals surface area contributed by atoms with Crippen LogP contribution in [-0.2, 0) is 16.8 Å². The van der Waals surface area contributed by atoms with Crippen LogP contribution in [0.2, 0.25) is 0 Å². The van der Waals surface area contributed by atoms with Gasteiger partial charge in [-0.1, -0.05) is 6.92 Å². The fourth-order valence-corrected chi connectivity index (χ4v) is 4.76. The Bertz CT molecular complexity index is 673. The molecule has 0 bridgehead atoms. The first-order valence-corrected chi connectivity index (χ1v) is 10.5. The van der Waals surface area contributed by atoms with Gasteiger partial charge >= 0.3 is 0 Å². The van der Waals surface area contributed by atoms with Gasteiger partial charge in [-0.15, -0.1) is 0 Å². The van der Waals surface area contributed by atoms with Crippen molar-refractivity contribution in [2.45, 2.75) is 26.3 Å². The van der Waals surface area contributed by atoms with Gasteiger partial charge in [0.2, 0.25) is 0 Å². The molecule has 1 N–H and O–H groups in total. The first kappa shape index (κ1) is 18.6. The molecule has 3 rings (SSSR count). The lowest BCUT2D eigenvalue weighted by atomic mass is 10.0. The quantitative estimate of drug-likeness (QED) is 0.837. The molecule has 1 aromatic heterocycles. The minimum absolute atomic E-state index is 0.302. The Hall–Kier alpha value is -1.22. The molecule has 1 unspecified atom stereocenters. The third kappa shape index (κ3) is 4.91. The lowest BCUT2D eigenvalue weighted by molar-refractivity contribution is 0.278. The van der Waals surface area contributed by atoms with Crippen molar-refractivity contribution in [3.63, 3.8) is 0 Å². The number of piperazine rings is 1. The molecule has 2 saturated heterocycles. The number of aromatic nitrogens is 1. The molecule has 0 aliphatic carbocycles. The lowest BCUT2D eigenvalue weighted by Gasteiger charge is -2.33. The Morgan fingerprint density at radius 3 is 2.72 bits per heavy atom. The molecule has 1 aromatic rings. The second kappa shape index (κ2) is 7.99. The second-order valence-electron chi connectivity index (χ2n) is 7.24. The molecule has 0 saturated carbocycles. The van der Waals surface area contributed by atoms with Gasteiger partial charge in [-0.3, -0.25) is 0 Å². The number of hydrogen-bond donors (Lipinski definition) is 1. The fourth-order valence-electron chi connectivity index (χ4n) is 3.41. The van der Waals surface area contributed by atoms with Crippen molar-refractivity contribution in [3.8, 4) is 0 Å². The van der Waals surface area contributed by atoms with Crippen LogP contribution >= 0.6 is 0 Å². The summed E-state index contributed by atoms with van der Waals surface area (Å²) in [5.74, 6) is 1.35. The van der Waals surface area contributed by atoms with Gasteiger partial charge in [0.15, 0.2) is 0 Å². The average molecular weight is 368 g/mol. The van der Waals surface area contributed by atoms with Gasteiger partial charge in [0.25, 0.3) is 10.2 Å². The molecule has 2 fully saturated rings. The molecule has 8 heteroatoms. The number of pyridine rings is 1. The van der Waals surface area contributed by atoms with E-state index in [0.717, 1.165) is 50.4 Å². The van der Waals surface area contributed by atoms with Crippen LogP contribution in [0.15, 0.2) is 18.3 Å². The van der Waals surface area contributed by atoms with Gasteiger partial charge in [0.1, 0.15) is 5.82 Å². The zero-order valence-corrected chi connectivity index (χ0v) is 16.0. The van der Waals surface area contributed by atoms with E-state index < -0.39 is 10.2 Å². The minimum Gasteiger partial charge on any atom is -0.354 e. The molecule has 0 amide bonds. The smallest absolute Gasteiger partial charge is 0.279 e. The maximum absolute atomic E-state index is 12.5. The summed E-state index contributed by atoms with van der Waals surface area (Å²) >= 11 is 0. The summed E-state index contributed by atoms with van der Waals surface area (Å²) < 4.78 is 29.3. The van der Waals surface area contributed by atoms with Crippen molar-refractivity contribution in [2.24, 2.45) is 5.92 Å². The fraction of sp³-hybridized carbons (Fsp3) is 0.706. The SMILES string of the molecule is CC1CCCN(S(=O)(=O)NCc2ccnc(N3CCN(C)CC3)c2)C1. The normalized spacial score (nSPS) is 23.8. The molecule has 3 heterocycles. The lowest BCUT2D eigenvalue weighted by Crippen LogP contribution is -2.45. The molecule has 0 radical (unpaired) electrons. The summed E-state index contributed by atoms with van der Waals surface area (Å²) in [6, 6.07) is 3.87. The summed E-state index contributed by atoms with van der Waals surface area (Å²) in [5, 5.41) is 0. The second-order valence-corrected chi connectivity index (χ2v) is 9.00. The van der Waals surface area contributed by atoms with Crippen molar-refractivity contribution in [1.82, 2.24) is 18.9 Å². The molecule has 2 aliphatic heterocycles. The molecule has 1 atom stereocenters. The molecule has 2 aliphatic rings. The molecule has 0 aromatic carbocycles. The Morgan fingerprint density at radius 1 is 1.24 bits per heavy atom. The highest BCUT2D eigenvalue weighted by Crippen LogP contribution is 2.18. The number of nitrogens with zero attached hydrogens (tertiary/aromatic N) is 4. The molecular formula is C17H29N5O2S. The maximum Gasteiger partial charge on any atom is 0.279 e. The highest BCUT2D eigenvalue weighted by atomic mass is 32.2. The van der Waals surface area contributed by atoms with Gasteiger partial charge in [0.05, 0.1) is 0 Å². The number of likely N-dealkylation sites (N-methyl/N-ethyl adjacent to an activating group) is 1. The van der Waals surface area contributed by atoms with E-state index in [1.807, 2.05) is 12.1 Å².